The fourth-order valence-corrected chi connectivity index (χ4v) is 0.848. The predicted molar refractivity (Wildman–Crippen MR) is 35.7 cm³/mol. The summed E-state index contributed by atoms with van der Waals surface area (Å²) < 4.78 is 0. The molecule has 1 fully saturated rings. The van der Waals surface area contributed by atoms with Crippen LogP contribution in [0.25, 0.3) is 0 Å². The van der Waals surface area contributed by atoms with Crippen molar-refractivity contribution in [2.75, 3.05) is 0 Å². The van der Waals surface area contributed by atoms with Crippen molar-refractivity contribution in [3.63, 3.8) is 0 Å². The molecule has 1 rings (SSSR count). The Balaban J connectivity index is 2.64. The molecule has 2 heteroatoms. The van der Waals surface area contributed by atoms with Crippen molar-refractivity contribution in [3.05, 3.63) is 12.2 Å². The van der Waals surface area contributed by atoms with Gasteiger partial charge in [-0.2, -0.15) is 0 Å². The average molecular weight is 123 g/mol. The SMILES string of the molecule is C=C1CCC(=N)CC1=O. The van der Waals surface area contributed by atoms with E-state index in [0.717, 1.165) is 6.42 Å². The number of ketones is 1. The third-order valence-corrected chi connectivity index (χ3v) is 1.50. The quantitative estimate of drug-likeness (QED) is 0.485. The lowest BCUT2D eigenvalue weighted by atomic mass is 9.93. The molecule has 1 N–H and O–H groups in total. The average Bonchev–Trinajstić information content (AvgIpc) is 1.80. The van der Waals surface area contributed by atoms with Crippen LogP contribution in [0.3, 0.4) is 0 Å². The Labute approximate surface area is 54.1 Å². The van der Waals surface area contributed by atoms with Crippen molar-refractivity contribution in [1.82, 2.24) is 0 Å². The van der Waals surface area contributed by atoms with Gasteiger partial charge < -0.3 is 5.41 Å². The summed E-state index contributed by atoms with van der Waals surface area (Å²) in [5.74, 6) is 0.0475. The molecule has 0 spiro atoms. The van der Waals surface area contributed by atoms with E-state index in [-0.39, 0.29) is 5.78 Å². The van der Waals surface area contributed by atoms with Crippen molar-refractivity contribution in [2.24, 2.45) is 0 Å². The van der Waals surface area contributed by atoms with Gasteiger partial charge in [-0.3, -0.25) is 4.79 Å². The summed E-state index contributed by atoms with van der Waals surface area (Å²) in [5, 5.41) is 7.15. The number of Topliss-reactive ketones (excluding diaryl/α,β-unsaturated/α-hetero) is 1. The van der Waals surface area contributed by atoms with Gasteiger partial charge in [0.25, 0.3) is 0 Å². The topological polar surface area (TPSA) is 40.9 Å². The molecule has 48 valence electrons. The van der Waals surface area contributed by atoms with E-state index in [2.05, 4.69) is 6.58 Å². The fraction of sp³-hybridized carbons (Fsp3) is 0.429. The molecular weight excluding hydrogens is 114 g/mol. The van der Waals surface area contributed by atoms with Crippen LogP contribution in [0.15, 0.2) is 12.2 Å². The lowest BCUT2D eigenvalue weighted by molar-refractivity contribution is -0.114. The van der Waals surface area contributed by atoms with Crippen LogP contribution in [0.4, 0.5) is 0 Å². The Hall–Kier alpha value is -0.920. The fourth-order valence-electron chi connectivity index (χ4n) is 0.848. The Kier molecular flexibility index (Phi) is 1.47. The van der Waals surface area contributed by atoms with Crippen LogP contribution in [0.2, 0.25) is 0 Å². The first kappa shape index (κ1) is 6.20. The molecule has 0 aliphatic heterocycles. The van der Waals surface area contributed by atoms with Gasteiger partial charge in [-0.05, 0) is 18.4 Å². The van der Waals surface area contributed by atoms with E-state index in [0.29, 0.717) is 24.1 Å². The van der Waals surface area contributed by atoms with Crippen molar-refractivity contribution >= 4 is 11.5 Å². The zero-order valence-electron chi connectivity index (χ0n) is 5.24. The molecule has 0 amide bonds. The molecule has 0 atom stereocenters. The van der Waals surface area contributed by atoms with Crippen LogP contribution in [-0.2, 0) is 4.79 Å². The van der Waals surface area contributed by atoms with Crippen LogP contribution >= 0.6 is 0 Å². The van der Waals surface area contributed by atoms with E-state index >= 15 is 0 Å². The second-order valence-electron chi connectivity index (χ2n) is 2.31. The zero-order valence-corrected chi connectivity index (χ0v) is 5.24. The van der Waals surface area contributed by atoms with E-state index in [1.165, 1.54) is 0 Å². The van der Waals surface area contributed by atoms with Gasteiger partial charge in [0.2, 0.25) is 0 Å². The van der Waals surface area contributed by atoms with Crippen molar-refractivity contribution < 1.29 is 4.79 Å². The normalized spacial score (nSPS) is 20.7. The Morgan fingerprint density at radius 3 is 2.56 bits per heavy atom. The molecule has 0 aromatic heterocycles. The number of hydrogen-bond acceptors (Lipinski definition) is 2. The van der Waals surface area contributed by atoms with Crippen LogP contribution in [-0.4, -0.2) is 11.5 Å². The van der Waals surface area contributed by atoms with E-state index < -0.39 is 0 Å². The summed E-state index contributed by atoms with van der Waals surface area (Å²) in [7, 11) is 0. The van der Waals surface area contributed by atoms with Crippen LogP contribution in [0.5, 0.6) is 0 Å². The van der Waals surface area contributed by atoms with Gasteiger partial charge in [0.05, 0.1) is 0 Å². The van der Waals surface area contributed by atoms with Gasteiger partial charge in [-0.25, -0.2) is 0 Å². The molecule has 1 aliphatic rings. The highest BCUT2D eigenvalue weighted by Gasteiger charge is 2.15. The van der Waals surface area contributed by atoms with Gasteiger partial charge in [0, 0.05) is 12.1 Å². The minimum Gasteiger partial charge on any atom is -0.309 e. The molecule has 0 radical (unpaired) electrons. The number of nitrogens with one attached hydrogen (secondary N) is 1. The Bertz CT molecular complexity index is 181. The third-order valence-electron chi connectivity index (χ3n) is 1.50. The minimum absolute atomic E-state index is 0.0475. The van der Waals surface area contributed by atoms with Crippen LogP contribution in [0, 0.1) is 5.41 Å². The second-order valence-corrected chi connectivity index (χ2v) is 2.31. The van der Waals surface area contributed by atoms with Gasteiger partial charge in [-0.1, -0.05) is 6.58 Å². The van der Waals surface area contributed by atoms with Crippen LogP contribution in [0.1, 0.15) is 19.3 Å². The lowest BCUT2D eigenvalue weighted by Gasteiger charge is -2.11. The first-order valence-electron chi connectivity index (χ1n) is 2.97. The number of hydrogen-bond donors (Lipinski definition) is 1. The minimum atomic E-state index is 0.0475. The highest BCUT2D eigenvalue weighted by atomic mass is 16.1. The molecule has 1 saturated carbocycles. The molecule has 0 saturated heterocycles. The smallest absolute Gasteiger partial charge is 0.163 e. The highest BCUT2D eigenvalue weighted by molar-refractivity contribution is 6.10. The zero-order chi connectivity index (χ0) is 6.85. The number of rotatable bonds is 0. The Morgan fingerprint density at radius 2 is 2.11 bits per heavy atom. The molecule has 9 heavy (non-hydrogen) atoms. The molecule has 0 unspecified atom stereocenters. The number of carbonyl (C=O) groups excluding carboxylic acids is 1. The van der Waals surface area contributed by atoms with Crippen molar-refractivity contribution in [2.45, 2.75) is 19.3 Å². The highest BCUT2D eigenvalue weighted by Crippen LogP contribution is 2.14. The standard InChI is InChI=1S/C7H9NO/c1-5-2-3-6(8)4-7(5)9/h8H,1-4H2. The van der Waals surface area contributed by atoms with E-state index in [9.17, 15) is 4.79 Å². The summed E-state index contributed by atoms with van der Waals surface area (Å²) in [6.45, 7) is 3.58. The third kappa shape index (κ3) is 1.25. The molecule has 0 aromatic carbocycles. The summed E-state index contributed by atoms with van der Waals surface area (Å²) in [6.07, 6.45) is 1.72. The van der Waals surface area contributed by atoms with E-state index in [1.807, 2.05) is 0 Å². The molecule has 0 bridgehead atoms. The number of carbonyl (C=O) groups is 1. The maximum atomic E-state index is 10.8. The van der Waals surface area contributed by atoms with E-state index in [1.54, 1.807) is 0 Å². The molecule has 1 aliphatic carbocycles. The van der Waals surface area contributed by atoms with Crippen molar-refractivity contribution in [1.29, 1.82) is 5.41 Å². The second kappa shape index (κ2) is 2.13. The maximum absolute atomic E-state index is 10.8. The van der Waals surface area contributed by atoms with Gasteiger partial charge >= 0.3 is 0 Å². The van der Waals surface area contributed by atoms with E-state index in [4.69, 9.17) is 5.41 Å². The summed E-state index contributed by atoms with van der Waals surface area (Å²) in [4.78, 5) is 10.8. The maximum Gasteiger partial charge on any atom is 0.163 e. The van der Waals surface area contributed by atoms with Crippen LogP contribution < -0.4 is 0 Å². The summed E-state index contributed by atoms with van der Waals surface area (Å²) >= 11 is 0. The van der Waals surface area contributed by atoms with Gasteiger partial charge in [0.15, 0.2) is 5.78 Å². The molecule has 0 aromatic rings. The van der Waals surface area contributed by atoms with Gasteiger partial charge in [0.1, 0.15) is 0 Å². The summed E-state index contributed by atoms with van der Waals surface area (Å²) in [5.41, 5.74) is 1.23. The molecule has 0 heterocycles. The monoisotopic (exact) mass is 123 g/mol. The van der Waals surface area contributed by atoms with Crippen molar-refractivity contribution in [3.8, 4) is 0 Å². The molecule has 2 nitrogen and oxygen atoms in total. The largest absolute Gasteiger partial charge is 0.309 e. The first-order valence-corrected chi connectivity index (χ1v) is 2.97. The summed E-state index contributed by atoms with van der Waals surface area (Å²) in [6, 6.07) is 0. The van der Waals surface area contributed by atoms with Gasteiger partial charge in [-0.15, -0.1) is 0 Å². The number of allylic oxidation sites excluding steroid dienone is 1. The first-order chi connectivity index (χ1) is 4.20. The lowest BCUT2D eigenvalue weighted by Crippen LogP contribution is -2.15. The predicted octanol–water partition coefficient (Wildman–Crippen LogP) is 1.32. The molecular formula is C7H9NO. The Morgan fingerprint density at radius 1 is 1.44 bits per heavy atom.